The van der Waals surface area contributed by atoms with Gasteiger partial charge in [0.15, 0.2) is 5.96 Å². The van der Waals surface area contributed by atoms with E-state index >= 15 is 0 Å². The van der Waals surface area contributed by atoms with E-state index in [9.17, 15) is 4.79 Å². The van der Waals surface area contributed by atoms with Crippen LogP contribution in [-0.2, 0) is 6.42 Å². The SMILES string of the molecule is C/C=C/CCNC(=NC)NCCc1cccc(C(=O)NC)c1. The lowest BCUT2D eigenvalue weighted by atomic mass is 10.1. The van der Waals surface area contributed by atoms with Crippen LogP contribution in [-0.4, -0.2) is 39.1 Å². The van der Waals surface area contributed by atoms with E-state index in [1.54, 1.807) is 14.1 Å². The molecular weight excluding hydrogens is 276 g/mol. The molecule has 0 unspecified atom stereocenters. The minimum absolute atomic E-state index is 0.0590. The quantitative estimate of drug-likeness (QED) is 0.311. The Morgan fingerprint density at radius 1 is 1.27 bits per heavy atom. The van der Waals surface area contributed by atoms with Crippen LogP contribution in [0.4, 0.5) is 0 Å². The van der Waals surface area contributed by atoms with Gasteiger partial charge in [0.05, 0.1) is 0 Å². The monoisotopic (exact) mass is 302 g/mol. The molecule has 5 heteroatoms. The normalized spacial score (nSPS) is 11.5. The first-order valence-corrected chi connectivity index (χ1v) is 7.58. The molecule has 120 valence electrons. The Balaban J connectivity index is 2.41. The molecule has 5 nitrogen and oxygen atoms in total. The number of aliphatic imine (C=N–C) groups is 1. The van der Waals surface area contributed by atoms with Crippen molar-refractivity contribution in [3.8, 4) is 0 Å². The van der Waals surface area contributed by atoms with Gasteiger partial charge in [-0.05, 0) is 37.5 Å². The first kappa shape index (κ1) is 17.8. The molecule has 1 aromatic rings. The van der Waals surface area contributed by atoms with Gasteiger partial charge in [0.2, 0.25) is 0 Å². The molecule has 0 atom stereocenters. The number of carbonyl (C=O) groups excluding carboxylic acids is 1. The van der Waals surface area contributed by atoms with Gasteiger partial charge in [-0.3, -0.25) is 9.79 Å². The summed E-state index contributed by atoms with van der Waals surface area (Å²) in [4.78, 5) is 15.8. The zero-order chi connectivity index (χ0) is 16.2. The summed E-state index contributed by atoms with van der Waals surface area (Å²) in [6.07, 6.45) is 5.97. The van der Waals surface area contributed by atoms with Gasteiger partial charge in [-0.1, -0.05) is 24.3 Å². The van der Waals surface area contributed by atoms with E-state index in [0.29, 0.717) is 5.56 Å². The zero-order valence-corrected chi connectivity index (χ0v) is 13.6. The number of amides is 1. The van der Waals surface area contributed by atoms with E-state index in [4.69, 9.17) is 0 Å². The highest BCUT2D eigenvalue weighted by Crippen LogP contribution is 2.05. The third-order valence-electron chi connectivity index (χ3n) is 3.19. The largest absolute Gasteiger partial charge is 0.356 e. The molecule has 1 aromatic carbocycles. The van der Waals surface area contributed by atoms with Crippen LogP contribution in [0.25, 0.3) is 0 Å². The zero-order valence-electron chi connectivity index (χ0n) is 13.6. The molecule has 0 aromatic heterocycles. The summed E-state index contributed by atoms with van der Waals surface area (Å²) in [5.41, 5.74) is 1.81. The number of rotatable bonds is 7. The predicted octanol–water partition coefficient (Wildman–Crippen LogP) is 1.72. The number of benzene rings is 1. The standard InChI is InChI=1S/C17H26N4O/c1-4-5-6-11-20-17(19-3)21-12-10-14-8-7-9-15(13-14)16(22)18-2/h4-5,7-9,13H,6,10-12H2,1-3H3,(H,18,22)(H2,19,20,21)/b5-4+. The number of allylic oxidation sites excluding steroid dienone is 1. The topological polar surface area (TPSA) is 65.5 Å². The molecule has 0 bridgehead atoms. The van der Waals surface area contributed by atoms with Gasteiger partial charge >= 0.3 is 0 Å². The van der Waals surface area contributed by atoms with Crippen molar-refractivity contribution in [2.45, 2.75) is 19.8 Å². The van der Waals surface area contributed by atoms with Crippen LogP contribution in [0.3, 0.4) is 0 Å². The van der Waals surface area contributed by atoms with Crippen molar-refractivity contribution < 1.29 is 4.79 Å². The summed E-state index contributed by atoms with van der Waals surface area (Å²) in [7, 11) is 3.40. The van der Waals surface area contributed by atoms with Gasteiger partial charge in [0, 0.05) is 32.7 Å². The van der Waals surface area contributed by atoms with Crippen molar-refractivity contribution in [3.05, 3.63) is 47.5 Å². The van der Waals surface area contributed by atoms with Crippen LogP contribution in [0, 0.1) is 0 Å². The Morgan fingerprint density at radius 3 is 2.73 bits per heavy atom. The molecule has 0 aliphatic heterocycles. The molecule has 22 heavy (non-hydrogen) atoms. The highest BCUT2D eigenvalue weighted by molar-refractivity contribution is 5.94. The lowest BCUT2D eigenvalue weighted by molar-refractivity contribution is 0.0963. The molecular formula is C17H26N4O. The highest BCUT2D eigenvalue weighted by Gasteiger charge is 2.03. The molecule has 0 fully saturated rings. The van der Waals surface area contributed by atoms with Crippen LogP contribution >= 0.6 is 0 Å². The average Bonchev–Trinajstić information content (AvgIpc) is 2.56. The summed E-state index contributed by atoms with van der Waals surface area (Å²) in [5, 5.41) is 9.16. The second-order valence-corrected chi connectivity index (χ2v) is 4.81. The van der Waals surface area contributed by atoms with E-state index < -0.39 is 0 Å². The number of hydrogen-bond acceptors (Lipinski definition) is 2. The van der Waals surface area contributed by atoms with Crippen LogP contribution in [0.5, 0.6) is 0 Å². The Kier molecular flexibility index (Phi) is 8.42. The number of nitrogens with zero attached hydrogens (tertiary/aromatic N) is 1. The Hall–Kier alpha value is -2.30. The summed E-state index contributed by atoms with van der Waals surface area (Å²) < 4.78 is 0. The molecule has 1 amide bonds. The Labute approximate surface area is 132 Å². The molecule has 0 aliphatic carbocycles. The van der Waals surface area contributed by atoms with Crippen LogP contribution in [0.15, 0.2) is 41.4 Å². The minimum atomic E-state index is -0.0590. The molecule has 1 rings (SSSR count). The summed E-state index contributed by atoms with van der Waals surface area (Å²) >= 11 is 0. The van der Waals surface area contributed by atoms with Crippen molar-refractivity contribution in [1.82, 2.24) is 16.0 Å². The third-order valence-corrected chi connectivity index (χ3v) is 3.19. The Morgan fingerprint density at radius 2 is 2.05 bits per heavy atom. The number of nitrogens with one attached hydrogen (secondary N) is 3. The van der Waals surface area contributed by atoms with Gasteiger partial charge in [-0.2, -0.15) is 0 Å². The molecule has 0 saturated heterocycles. The first-order chi connectivity index (χ1) is 10.7. The van der Waals surface area contributed by atoms with Gasteiger partial charge in [0.1, 0.15) is 0 Å². The lowest BCUT2D eigenvalue weighted by Gasteiger charge is -2.11. The number of hydrogen-bond donors (Lipinski definition) is 3. The summed E-state index contributed by atoms with van der Waals surface area (Å²) in [6, 6.07) is 7.67. The highest BCUT2D eigenvalue weighted by atomic mass is 16.1. The van der Waals surface area contributed by atoms with Gasteiger partial charge < -0.3 is 16.0 Å². The van der Waals surface area contributed by atoms with E-state index in [1.807, 2.05) is 37.3 Å². The van der Waals surface area contributed by atoms with E-state index in [0.717, 1.165) is 37.5 Å². The molecule has 0 spiro atoms. The average molecular weight is 302 g/mol. The van der Waals surface area contributed by atoms with Gasteiger partial charge in [-0.15, -0.1) is 0 Å². The van der Waals surface area contributed by atoms with E-state index in [1.165, 1.54) is 0 Å². The summed E-state index contributed by atoms with van der Waals surface area (Å²) in [6.45, 7) is 3.64. The molecule has 0 saturated carbocycles. The predicted molar refractivity (Wildman–Crippen MR) is 92.3 cm³/mol. The molecule has 3 N–H and O–H groups in total. The molecule has 0 aliphatic rings. The number of carbonyl (C=O) groups is 1. The van der Waals surface area contributed by atoms with Crippen molar-refractivity contribution >= 4 is 11.9 Å². The van der Waals surface area contributed by atoms with E-state index in [2.05, 4.69) is 27.0 Å². The van der Waals surface area contributed by atoms with Crippen LogP contribution in [0.1, 0.15) is 29.3 Å². The third kappa shape index (κ3) is 6.43. The summed E-state index contributed by atoms with van der Waals surface area (Å²) in [5.74, 6) is 0.739. The maximum absolute atomic E-state index is 11.6. The fourth-order valence-electron chi connectivity index (χ4n) is 2.00. The Bertz CT molecular complexity index is 523. The second-order valence-electron chi connectivity index (χ2n) is 4.81. The maximum Gasteiger partial charge on any atom is 0.251 e. The van der Waals surface area contributed by atoms with Crippen molar-refractivity contribution in [2.75, 3.05) is 27.2 Å². The lowest BCUT2D eigenvalue weighted by Crippen LogP contribution is -2.38. The van der Waals surface area contributed by atoms with Crippen molar-refractivity contribution in [3.63, 3.8) is 0 Å². The van der Waals surface area contributed by atoms with Gasteiger partial charge in [-0.25, -0.2) is 0 Å². The van der Waals surface area contributed by atoms with E-state index in [-0.39, 0.29) is 5.91 Å². The van der Waals surface area contributed by atoms with Gasteiger partial charge in [0.25, 0.3) is 5.91 Å². The molecule has 0 radical (unpaired) electrons. The maximum atomic E-state index is 11.6. The smallest absolute Gasteiger partial charge is 0.251 e. The fraction of sp³-hybridized carbons (Fsp3) is 0.412. The van der Waals surface area contributed by atoms with Crippen LogP contribution < -0.4 is 16.0 Å². The molecule has 0 heterocycles. The van der Waals surface area contributed by atoms with Crippen molar-refractivity contribution in [1.29, 1.82) is 0 Å². The number of guanidine groups is 1. The van der Waals surface area contributed by atoms with Crippen molar-refractivity contribution in [2.24, 2.45) is 4.99 Å². The van der Waals surface area contributed by atoms with Crippen LogP contribution in [0.2, 0.25) is 0 Å². The second kappa shape index (κ2) is 10.4. The first-order valence-electron chi connectivity index (χ1n) is 7.58. The fourth-order valence-corrected chi connectivity index (χ4v) is 2.00. The minimum Gasteiger partial charge on any atom is -0.356 e.